The van der Waals surface area contributed by atoms with Crippen molar-refractivity contribution >= 4 is 11.6 Å². The summed E-state index contributed by atoms with van der Waals surface area (Å²) in [6.45, 7) is 6.23. The summed E-state index contributed by atoms with van der Waals surface area (Å²) in [6.07, 6.45) is 0. The van der Waals surface area contributed by atoms with E-state index in [1.165, 1.54) is 16.7 Å². The van der Waals surface area contributed by atoms with Crippen molar-refractivity contribution in [3.8, 4) is 11.3 Å². The number of pyridine rings is 1. The van der Waals surface area contributed by atoms with Gasteiger partial charge in [-0.2, -0.15) is 0 Å². The molecule has 1 aromatic heterocycles. The maximum absolute atomic E-state index is 5.84. The molecule has 0 atom stereocenters. The van der Waals surface area contributed by atoms with Crippen molar-refractivity contribution < 1.29 is 0 Å². The summed E-state index contributed by atoms with van der Waals surface area (Å²) >= 11 is 5.84. The molecular weight excluding hydrogens is 230 g/mol. The molecule has 0 aliphatic rings. The van der Waals surface area contributed by atoms with Crippen LogP contribution in [0.5, 0.6) is 0 Å². The number of halogens is 1. The van der Waals surface area contributed by atoms with Gasteiger partial charge in [0.15, 0.2) is 0 Å². The third kappa shape index (κ3) is 2.50. The molecule has 0 unspecified atom stereocenters. The Morgan fingerprint density at radius 2 is 1.82 bits per heavy atom. The highest BCUT2D eigenvalue weighted by atomic mass is 35.5. The molecule has 0 saturated carbocycles. The number of rotatable bonds is 2. The Hall–Kier alpha value is -1.34. The fourth-order valence-electron chi connectivity index (χ4n) is 1.98. The molecule has 2 rings (SSSR count). The minimum Gasteiger partial charge on any atom is -0.253 e. The third-order valence-electron chi connectivity index (χ3n) is 3.00. The molecule has 0 radical (unpaired) electrons. The van der Waals surface area contributed by atoms with Crippen molar-refractivity contribution in [1.29, 1.82) is 0 Å². The summed E-state index contributed by atoms with van der Waals surface area (Å²) < 4.78 is 0. The minimum atomic E-state index is 0.520. The fourth-order valence-corrected chi connectivity index (χ4v) is 2.26. The van der Waals surface area contributed by atoms with Gasteiger partial charge in [0, 0.05) is 17.1 Å². The predicted octanol–water partition coefficient (Wildman–Crippen LogP) is 4.41. The van der Waals surface area contributed by atoms with E-state index in [2.05, 4.69) is 43.1 Å². The largest absolute Gasteiger partial charge is 0.253 e. The highest BCUT2D eigenvalue weighted by Crippen LogP contribution is 2.24. The Bertz CT molecular complexity index is 547. The summed E-state index contributed by atoms with van der Waals surface area (Å²) in [6, 6.07) is 10.5. The zero-order valence-electron chi connectivity index (χ0n) is 10.4. The number of aromatic nitrogens is 1. The van der Waals surface area contributed by atoms with E-state index >= 15 is 0 Å². The summed E-state index contributed by atoms with van der Waals surface area (Å²) in [7, 11) is 0. The van der Waals surface area contributed by atoms with Crippen LogP contribution in [-0.4, -0.2) is 4.98 Å². The Morgan fingerprint density at radius 3 is 2.41 bits per heavy atom. The number of alkyl halides is 1. The van der Waals surface area contributed by atoms with Crippen molar-refractivity contribution in [2.45, 2.75) is 26.7 Å². The molecule has 1 aromatic carbocycles. The monoisotopic (exact) mass is 245 g/mol. The van der Waals surface area contributed by atoms with Crippen molar-refractivity contribution in [2.24, 2.45) is 0 Å². The summed E-state index contributed by atoms with van der Waals surface area (Å²) in [5.74, 6) is 0.520. The van der Waals surface area contributed by atoms with E-state index < -0.39 is 0 Å². The van der Waals surface area contributed by atoms with Crippen LogP contribution in [0.2, 0.25) is 0 Å². The highest BCUT2D eigenvalue weighted by Gasteiger charge is 2.05. The second kappa shape index (κ2) is 4.89. The number of benzene rings is 1. The molecule has 0 aliphatic heterocycles. The van der Waals surface area contributed by atoms with Crippen LogP contribution in [0.15, 0.2) is 30.3 Å². The van der Waals surface area contributed by atoms with Gasteiger partial charge in [-0.05, 0) is 38.0 Å². The zero-order valence-corrected chi connectivity index (χ0v) is 11.2. The van der Waals surface area contributed by atoms with Gasteiger partial charge in [0.25, 0.3) is 0 Å². The molecule has 88 valence electrons. The van der Waals surface area contributed by atoms with Gasteiger partial charge >= 0.3 is 0 Å². The zero-order chi connectivity index (χ0) is 12.4. The lowest BCUT2D eigenvalue weighted by atomic mass is 10.0. The third-order valence-corrected chi connectivity index (χ3v) is 3.29. The van der Waals surface area contributed by atoms with Gasteiger partial charge in [0.1, 0.15) is 0 Å². The molecular formula is C15H16ClN. The smallest absolute Gasteiger partial charge is 0.0708 e. The quantitative estimate of drug-likeness (QED) is 0.714. The van der Waals surface area contributed by atoms with E-state index in [0.717, 1.165) is 17.0 Å². The van der Waals surface area contributed by atoms with Crippen molar-refractivity contribution in [3.05, 3.63) is 52.7 Å². The summed E-state index contributed by atoms with van der Waals surface area (Å²) in [5, 5.41) is 0. The second-order valence-electron chi connectivity index (χ2n) is 4.39. The van der Waals surface area contributed by atoms with Crippen LogP contribution >= 0.6 is 11.6 Å². The average Bonchev–Trinajstić information content (AvgIpc) is 2.29. The lowest BCUT2D eigenvalue weighted by molar-refractivity contribution is 1.14. The number of nitrogens with zero attached hydrogens (tertiary/aromatic N) is 1. The topological polar surface area (TPSA) is 12.9 Å². The van der Waals surface area contributed by atoms with Crippen LogP contribution in [0.4, 0.5) is 0 Å². The van der Waals surface area contributed by atoms with Crippen LogP contribution in [0, 0.1) is 20.8 Å². The number of aryl methyl sites for hydroxylation is 3. The van der Waals surface area contributed by atoms with Crippen LogP contribution in [0.3, 0.4) is 0 Å². The lowest BCUT2D eigenvalue weighted by Gasteiger charge is -2.09. The van der Waals surface area contributed by atoms with Crippen LogP contribution in [-0.2, 0) is 5.88 Å². The Morgan fingerprint density at radius 1 is 1.06 bits per heavy atom. The standard InChI is InChI=1S/C15H16ClN/c1-10-4-6-14(11(2)8-10)15-7-5-13(9-16)12(3)17-15/h4-8H,9H2,1-3H3. The van der Waals surface area contributed by atoms with Crippen LogP contribution in [0.1, 0.15) is 22.4 Å². The SMILES string of the molecule is Cc1ccc(-c2ccc(CCl)c(C)n2)c(C)c1. The molecule has 0 spiro atoms. The maximum atomic E-state index is 5.84. The maximum Gasteiger partial charge on any atom is 0.0708 e. The van der Waals surface area contributed by atoms with Crippen molar-refractivity contribution in [1.82, 2.24) is 4.98 Å². The Labute approximate surface area is 107 Å². The first-order chi connectivity index (χ1) is 8.11. The molecule has 17 heavy (non-hydrogen) atoms. The molecule has 0 saturated heterocycles. The lowest BCUT2D eigenvalue weighted by Crippen LogP contribution is -1.94. The normalized spacial score (nSPS) is 10.6. The van der Waals surface area contributed by atoms with Gasteiger partial charge < -0.3 is 0 Å². The van der Waals surface area contributed by atoms with Gasteiger partial charge in [0.2, 0.25) is 0 Å². The fraction of sp³-hybridized carbons (Fsp3) is 0.267. The van der Waals surface area contributed by atoms with Gasteiger partial charge in [-0.1, -0.05) is 29.8 Å². The molecule has 0 aliphatic carbocycles. The van der Waals surface area contributed by atoms with Crippen LogP contribution in [0.25, 0.3) is 11.3 Å². The molecule has 2 heteroatoms. The van der Waals surface area contributed by atoms with E-state index in [4.69, 9.17) is 11.6 Å². The van der Waals surface area contributed by atoms with E-state index in [-0.39, 0.29) is 0 Å². The van der Waals surface area contributed by atoms with Crippen molar-refractivity contribution in [3.63, 3.8) is 0 Å². The molecule has 0 bridgehead atoms. The molecule has 0 N–H and O–H groups in total. The number of hydrogen-bond acceptors (Lipinski definition) is 1. The minimum absolute atomic E-state index is 0.520. The van der Waals surface area contributed by atoms with E-state index in [0.29, 0.717) is 5.88 Å². The van der Waals surface area contributed by atoms with Gasteiger partial charge in [-0.15, -0.1) is 11.6 Å². The first kappa shape index (κ1) is 12.1. The van der Waals surface area contributed by atoms with Gasteiger partial charge in [-0.25, -0.2) is 0 Å². The van der Waals surface area contributed by atoms with E-state index in [9.17, 15) is 0 Å². The molecule has 1 heterocycles. The van der Waals surface area contributed by atoms with E-state index in [1.807, 2.05) is 13.0 Å². The van der Waals surface area contributed by atoms with E-state index in [1.54, 1.807) is 0 Å². The second-order valence-corrected chi connectivity index (χ2v) is 4.66. The Balaban J connectivity index is 2.50. The molecule has 1 nitrogen and oxygen atoms in total. The Kier molecular flexibility index (Phi) is 3.49. The molecule has 0 amide bonds. The molecule has 2 aromatic rings. The highest BCUT2D eigenvalue weighted by molar-refractivity contribution is 6.17. The predicted molar refractivity (Wildman–Crippen MR) is 73.4 cm³/mol. The first-order valence-corrected chi connectivity index (χ1v) is 6.25. The average molecular weight is 246 g/mol. The van der Waals surface area contributed by atoms with Gasteiger partial charge in [-0.3, -0.25) is 4.98 Å². The summed E-state index contributed by atoms with van der Waals surface area (Å²) in [5.41, 5.74) is 6.86. The van der Waals surface area contributed by atoms with Crippen LogP contribution < -0.4 is 0 Å². The van der Waals surface area contributed by atoms with Gasteiger partial charge in [0.05, 0.1) is 5.69 Å². The molecule has 0 fully saturated rings. The number of hydrogen-bond donors (Lipinski definition) is 0. The summed E-state index contributed by atoms with van der Waals surface area (Å²) in [4.78, 5) is 4.62. The first-order valence-electron chi connectivity index (χ1n) is 5.72. The van der Waals surface area contributed by atoms with Crippen molar-refractivity contribution in [2.75, 3.05) is 0 Å².